The van der Waals surface area contributed by atoms with Crippen molar-refractivity contribution >= 4 is 11.8 Å². The molecule has 0 aliphatic carbocycles. The minimum atomic E-state index is -0.954. The van der Waals surface area contributed by atoms with E-state index in [4.69, 9.17) is 10.4 Å². The van der Waals surface area contributed by atoms with Crippen LogP contribution in [0.5, 0.6) is 0 Å². The minimum Gasteiger partial charge on any atom is -0.480 e. The molecule has 0 unspecified atom stereocenters. The molecule has 5 nitrogen and oxygen atoms in total. The second-order valence-electron chi connectivity index (χ2n) is 3.72. The fourth-order valence-electron chi connectivity index (χ4n) is 1.27. The Bertz CT molecular complexity index is 423. The van der Waals surface area contributed by atoms with Gasteiger partial charge in [-0.05, 0) is 18.1 Å². The van der Waals surface area contributed by atoms with Gasteiger partial charge in [0, 0.05) is 6.20 Å². The smallest absolute Gasteiger partial charge is 0.326 e. The Morgan fingerprint density at radius 1 is 1.62 bits per heavy atom. The molecule has 0 saturated heterocycles. The standard InChI is InChI=1S/C11H13N3O2/c1-7(2)9(11(15)16)14-10-8(6-12)4-3-5-13-10/h3-5,7,9H,1-2H3,(H,13,14)(H,15,16)/t9-/m1/s1. The predicted molar refractivity (Wildman–Crippen MR) is 58.8 cm³/mol. The zero-order valence-corrected chi connectivity index (χ0v) is 9.14. The molecule has 0 spiro atoms. The number of nitrogens with zero attached hydrogens (tertiary/aromatic N) is 2. The third kappa shape index (κ3) is 2.70. The summed E-state index contributed by atoms with van der Waals surface area (Å²) in [7, 11) is 0. The van der Waals surface area contributed by atoms with Crippen molar-refractivity contribution in [3.05, 3.63) is 23.9 Å². The van der Waals surface area contributed by atoms with E-state index in [-0.39, 0.29) is 5.92 Å². The van der Waals surface area contributed by atoms with Gasteiger partial charge < -0.3 is 10.4 Å². The molecule has 0 aliphatic rings. The van der Waals surface area contributed by atoms with Gasteiger partial charge in [0.2, 0.25) is 0 Å². The summed E-state index contributed by atoms with van der Waals surface area (Å²) in [6.45, 7) is 3.58. The van der Waals surface area contributed by atoms with E-state index < -0.39 is 12.0 Å². The quantitative estimate of drug-likeness (QED) is 0.800. The molecule has 2 N–H and O–H groups in total. The third-order valence-corrected chi connectivity index (χ3v) is 2.15. The summed E-state index contributed by atoms with van der Waals surface area (Å²) < 4.78 is 0. The third-order valence-electron chi connectivity index (χ3n) is 2.15. The number of aromatic nitrogens is 1. The van der Waals surface area contributed by atoms with E-state index in [1.807, 2.05) is 6.07 Å². The fourth-order valence-corrected chi connectivity index (χ4v) is 1.27. The maximum atomic E-state index is 11.0. The molecular formula is C11H13N3O2. The van der Waals surface area contributed by atoms with Crippen molar-refractivity contribution in [2.24, 2.45) is 5.92 Å². The minimum absolute atomic E-state index is 0.0916. The monoisotopic (exact) mass is 219 g/mol. The van der Waals surface area contributed by atoms with E-state index in [0.717, 1.165) is 0 Å². The number of nitriles is 1. The first-order valence-electron chi connectivity index (χ1n) is 4.90. The second-order valence-corrected chi connectivity index (χ2v) is 3.72. The van der Waals surface area contributed by atoms with Crippen LogP contribution in [0.2, 0.25) is 0 Å². The summed E-state index contributed by atoms with van der Waals surface area (Å²) in [5.74, 6) is -0.735. The number of aliphatic carboxylic acids is 1. The summed E-state index contributed by atoms with van der Waals surface area (Å²) in [5.41, 5.74) is 0.342. The molecule has 1 aromatic rings. The van der Waals surface area contributed by atoms with Crippen molar-refractivity contribution in [1.29, 1.82) is 5.26 Å². The Labute approximate surface area is 93.7 Å². The van der Waals surface area contributed by atoms with Crippen LogP contribution in [0.25, 0.3) is 0 Å². The number of rotatable bonds is 4. The van der Waals surface area contributed by atoms with Gasteiger partial charge in [-0.2, -0.15) is 5.26 Å². The lowest BCUT2D eigenvalue weighted by molar-refractivity contribution is -0.138. The van der Waals surface area contributed by atoms with Crippen LogP contribution in [0.15, 0.2) is 18.3 Å². The first-order valence-corrected chi connectivity index (χ1v) is 4.90. The average molecular weight is 219 g/mol. The molecule has 1 aromatic heterocycles. The van der Waals surface area contributed by atoms with E-state index in [2.05, 4.69) is 10.3 Å². The first-order chi connectivity index (χ1) is 7.56. The SMILES string of the molecule is CC(C)[C@@H](Nc1ncccc1C#N)C(=O)O. The molecule has 0 fully saturated rings. The molecule has 1 atom stereocenters. The Morgan fingerprint density at radius 3 is 2.81 bits per heavy atom. The van der Waals surface area contributed by atoms with Crippen molar-refractivity contribution in [3.8, 4) is 6.07 Å². The molecular weight excluding hydrogens is 206 g/mol. The highest BCUT2D eigenvalue weighted by atomic mass is 16.4. The predicted octanol–water partition coefficient (Wildman–Crippen LogP) is 1.47. The van der Waals surface area contributed by atoms with Gasteiger partial charge in [-0.1, -0.05) is 13.8 Å². The van der Waals surface area contributed by atoms with Gasteiger partial charge in [0.05, 0.1) is 5.56 Å². The van der Waals surface area contributed by atoms with E-state index in [1.165, 1.54) is 6.20 Å². The Morgan fingerprint density at radius 2 is 2.31 bits per heavy atom. The number of pyridine rings is 1. The van der Waals surface area contributed by atoms with Crippen molar-refractivity contribution < 1.29 is 9.90 Å². The maximum absolute atomic E-state index is 11.0. The number of hydrogen-bond acceptors (Lipinski definition) is 4. The van der Waals surface area contributed by atoms with Crippen LogP contribution in [0, 0.1) is 17.2 Å². The lowest BCUT2D eigenvalue weighted by atomic mass is 10.0. The highest BCUT2D eigenvalue weighted by Crippen LogP contribution is 2.14. The van der Waals surface area contributed by atoms with E-state index in [1.54, 1.807) is 26.0 Å². The number of carboxylic acid groups (broad SMARTS) is 1. The number of nitrogens with one attached hydrogen (secondary N) is 1. The van der Waals surface area contributed by atoms with Crippen LogP contribution in [-0.4, -0.2) is 22.1 Å². The fraction of sp³-hybridized carbons (Fsp3) is 0.364. The van der Waals surface area contributed by atoms with E-state index in [9.17, 15) is 4.79 Å². The molecule has 1 rings (SSSR count). The van der Waals surface area contributed by atoms with Gasteiger partial charge in [0.1, 0.15) is 17.9 Å². The normalized spacial score (nSPS) is 11.9. The molecule has 1 heterocycles. The summed E-state index contributed by atoms with van der Waals surface area (Å²) in [5, 5.41) is 20.6. The van der Waals surface area contributed by atoms with Crippen LogP contribution in [0.3, 0.4) is 0 Å². The highest BCUT2D eigenvalue weighted by Gasteiger charge is 2.22. The molecule has 0 bridgehead atoms. The largest absolute Gasteiger partial charge is 0.480 e. The molecule has 0 radical (unpaired) electrons. The van der Waals surface area contributed by atoms with Crippen molar-refractivity contribution in [3.63, 3.8) is 0 Å². The molecule has 0 aliphatic heterocycles. The molecule has 84 valence electrons. The van der Waals surface area contributed by atoms with Gasteiger partial charge in [-0.3, -0.25) is 0 Å². The molecule has 0 amide bonds. The van der Waals surface area contributed by atoms with Crippen LogP contribution in [0.1, 0.15) is 19.4 Å². The zero-order valence-electron chi connectivity index (χ0n) is 9.14. The molecule has 5 heteroatoms. The Balaban J connectivity index is 2.94. The lowest BCUT2D eigenvalue weighted by Crippen LogP contribution is -2.34. The van der Waals surface area contributed by atoms with Gasteiger partial charge in [0.15, 0.2) is 0 Å². The summed E-state index contributed by atoms with van der Waals surface area (Å²) in [6.07, 6.45) is 1.52. The van der Waals surface area contributed by atoms with Crippen molar-refractivity contribution in [2.45, 2.75) is 19.9 Å². The Hall–Kier alpha value is -2.09. The number of anilines is 1. The summed E-state index contributed by atoms with van der Waals surface area (Å²) in [6, 6.07) is 4.44. The topological polar surface area (TPSA) is 86.0 Å². The van der Waals surface area contributed by atoms with Gasteiger partial charge in [0.25, 0.3) is 0 Å². The second kappa shape index (κ2) is 5.12. The maximum Gasteiger partial charge on any atom is 0.326 e. The number of hydrogen-bond donors (Lipinski definition) is 2. The highest BCUT2D eigenvalue weighted by molar-refractivity contribution is 5.77. The van der Waals surface area contributed by atoms with E-state index >= 15 is 0 Å². The molecule has 0 saturated carbocycles. The number of carboxylic acids is 1. The zero-order chi connectivity index (χ0) is 12.1. The van der Waals surface area contributed by atoms with Crippen molar-refractivity contribution in [1.82, 2.24) is 4.98 Å². The molecule has 0 aromatic carbocycles. The average Bonchev–Trinajstić information content (AvgIpc) is 2.25. The summed E-state index contributed by atoms with van der Waals surface area (Å²) in [4.78, 5) is 14.9. The van der Waals surface area contributed by atoms with Crippen LogP contribution in [-0.2, 0) is 4.79 Å². The number of carbonyl (C=O) groups is 1. The van der Waals surface area contributed by atoms with Gasteiger partial charge >= 0.3 is 5.97 Å². The van der Waals surface area contributed by atoms with Crippen LogP contribution in [0.4, 0.5) is 5.82 Å². The first kappa shape index (κ1) is 12.0. The van der Waals surface area contributed by atoms with E-state index in [0.29, 0.717) is 11.4 Å². The summed E-state index contributed by atoms with van der Waals surface area (Å²) >= 11 is 0. The van der Waals surface area contributed by atoms with Gasteiger partial charge in [-0.25, -0.2) is 9.78 Å². The lowest BCUT2D eigenvalue weighted by Gasteiger charge is -2.18. The van der Waals surface area contributed by atoms with Gasteiger partial charge in [-0.15, -0.1) is 0 Å². The van der Waals surface area contributed by atoms with Crippen LogP contribution >= 0.6 is 0 Å². The van der Waals surface area contributed by atoms with Crippen molar-refractivity contribution in [2.75, 3.05) is 5.32 Å². The van der Waals surface area contributed by atoms with Crippen LogP contribution < -0.4 is 5.32 Å². The Kier molecular flexibility index (Phi) is 3.84. The molecule has 16 heavy (non-hydrogen) atoms.